The third-order valence-electron chi connectivity index (χ3n) is 5.27. The zero-order valence-corrected chi connectivity index (χ0v) is 16.2. The molecule has 1 aliphatic rings. The zero-order chi connectivity index (χ0) is 21.3. The number of esters is 1. The number of ether oxygens (including phenoxy) is 1. The largest absolute Gasteiger partial charge is 0.467 e. The van der Waals surface area contributed by atoms with Gasteiger partial charge in [0.25, 0.3) is 0 Å². The summed E-state index contributed by atoms with van der Waals surface area (Å²) in [6, 6.07) is 17.3. The van der Waals surface area contributed by atoms with Gasteiger partial charge in [0.15, 0.2) is 0 Å². The molecule has 152 valence electrons. The lowest BCUT2D eigenvalue weighted by Crippen LogP contribution is -2.46. The van der Waals surface area contributed by atoms with E-state index >= 15 is 0 Å². The summed E-state index contributed by atoms with van der Waals surface area (Å²) in [4.78, 5) is 25.3. The lowest BCUT2D eigenvalue weighted by atomic mass is 9.89. The predicted octanol–water partition coefficient (Wildman–Crippen LogP) is 3.98. The number of benzene rings is 3. The van der Waals surface area contributed by atoms with Crippen molar-refractivity contribution in [3.63, 3.8) is 0 Å². The molecule has 0 fully saturated rings. The molecular formula is C24H19F2NO3. The van der Waals surface area contributed by atoms with Crippen LogP contribution in [0.25, 0.3) is 11.1 Å². The van der Waals surface area contributed by atoms with Crippen molar-refractivity contribution in [1.29, 1.82) is 0 Å². The average molecular weight is 407 g/mol. The minimum absolute atomic E-state index is 0.181. The second-order valence-corrected chi connectivity index (χ2v) is 7.17. The molecule has 3 aromatic carbocycles. The molecule has 0 saturated heterocycles. The zero-order valence-electron chi connectivity index (χ0n) is 16.2. The van der Waals surface area contributed by atoms with E-state index in [2.05, 4.69) is 5.32 Å². The molecule has 30 heavy (non-hydrogen) atoms. The standard InChI is InChI=1S/C24H19F2NO3/c1-30-24(29)23(27-21(28)12-14-10-15(25)13-16(26)11-14)22-19-8-4-2-6-17(19)18-7-3-5-9-20(18)22/h2-11,13,22-23H,12H2,1H3,(H,27,28)/t23-/m0/s1. The Morgan fingerprint density at radius 3 is 2.00 bits per heavy atom. The van der Waals surface area contributed by atoms with E-state index in [-0.39, 0.29) is 12.0 Å². The smallest absolute Gasteiger partial charge is 0.329 e. The molecule has 0 aliphatic heterocycles. The average Bonchev–Trinajstić information content (AvgIpc) is 3.05. The van der Waals surface area contributed by atoms with Gasteiger partial charge in [-0.3, -0.25) is 4.79 Å². The van der Waals surface area contributed by atoms with E-state index < -0.39 is 35.5 Å². The molecule has 1 N–H and O–H groups in total. The Labute approximate surface area is 172 Å². The molecule has 0 saturated carbocycles. The lowest BCUT2D eigenvalue weighted by Gasteiger charge is -2.24. The number of rotatable bonds is 5. The monoisotopic (exact) mass is 407 g/mol. The molecular weight excluding hydrogens is 388 g/mol. The van der Waals surface area contributed by atoms with Crippen molar-refractivity contribution in [3.8, 4) is 11.1 Å². The number of carbonyl (C=O) groups is 2. The van der Waals surface area contributed by atoms with Gasteiger partial charge in [-0.2, -0.15) is 0 Å². The number of hydrogen-bond donors (Lipinski definition) is 1. The fourth-order valence-electron chi connectivity index (χ4n) is 4.08. The third kappa shape index (κ3) is 3.68. The maximum absolute atomic E-state index is 13.5. The maximum Gasteiger partial charge on any atom is 0.329 e. The Kier molecular flexibility index (Phi) is 5.31. The van der Waals surface area contributed by atoms with Gasteiger partial charge < -0.3 is 10.1 Å². The topological polar surface area (TPSA) is 55.4 Å². The van der Waals surface area contributed by atoms with E-state index in [1.807, 2.05) is 48.5 Å². The van der Waals surface area contributed by atoms with E-state index in [0.29, 0.717) is 0 Å². The van der Waals surface area contributed by atoms with Crippen LogP contribution in [0.4, 0.5) is 8.78 Å². The summed E-state index contributed by atoms with van der Waals surface area (Å²) in [6.45, 7) is 0. The van der Waals surface area contributed by atoms with Crippen molar-refractivity contribution in [3.05, 3.63) is 95.1 Å². The molecule has 0 radical (unpaired) electrons. The van der Waals surface area contributed by atoms with Crippen LogP contribution in [0.3, 0.4) is 0 Å². The molecule has 4 rings (SSSR count). The summed E-state index contributed by atoms with van der Waals surface area (Å²) < 4.78 is 31.9. The summed E-state index contributed by atoms with van der Waals surface area (Å²) in [7, 11) is 1.26. The fourth-order valence-corrected chi connectivity index (χ4v) is 4.08. The van der Waals surface area contributed by atoms with Crippen molar-refractivity contribution < 1.29 is 23.1 Å². The molecule has 1 aliphatic carbocycles. The first kappa shape index (κ1) is 19.8. The molecule has 0 aromatic heterocycles. The summed E-state index contributed by atoms with van der Waals surface area (Å²) in [5, 5.41) is 2.72. The number of amides is 1. The highest BCUT2D eigenvalue weighted by Gasteiger charge is 2.39. The Balaban J connectivity index is 1.67. The molecule has 1 atom stereocenters. The van der Waals surface area contributed by atoms with Crippen molar-refractivity contribution in [2.75, 3.05) is 7.11 Å². The van der Waals surface area contributed by atoms with E-state index in [1.54, 1.807) is 0 Å². The van der Waals surface area contributed by atoms with Gasteiger partial charge in [-0.25, -0.2) is 13.6 Å². The van der Waals surface area contributed by atoms with Gasteiger partial charge in [0.05, 0.1) is 13.5 Å². The highest BCUT2D eigenvalue weighted by Crippen LogP contribution is 2.46. The minimum atomic E-state index is -0.981. The first-order chi connectivity index (χ1) is 14.5. The van der Waals surface area contributed by atoms with Crippen LogP contribution in [-0.4, -0.2) is 25.0 Å². The van der Waals surface area contributed by atoms with Crippen molar-refractivity contribution in [2.45, 2.75) is 18.4 Å². The van der Waals surface area contributed by atoms with Gasteiger partial charge in [0, 0.05) is 12.0 Å². The van der Waals surface area contributed by atoms with E-state index in [4.69, 9.17) is 4.74 Å². The summed E-state index contributed by atoms with van der Waals surface area (Å²) >= 11 is 0. The van der Waals surface area contributed by atoms with E-state index in [1.165, 1.54) is 7.11 Å². The quantitative estimate of drug-likeness (QED) is 0.651. The Morgan fingerprint density at radius 2 is 1.47 bits per heavy atom. The van der Waals surface area contributed by atoms with Crippen LogP contribution in [0, 0.1) is 11.6 Å². The van der Waals surface area contributed by atoms with Crippen LogP contribution in [0.1, 0.15) is 22.6 Å². The van der Waals surface area contributed by atoms with Gasteiger partial charge in [0.1, 0.15) is 17.7 Å². The number of carbonyl (C=O) groups excluding carboxylic acids is 2. The fraction of sp³-hybridized carbons (Fsp3) is 0.167. The Bertz CT molecular complexity index is 1060. The van der Waals surface area contributed by atoms with Crippen molar-refractivity contribution in [2.24, 2.45) is 0 Å². The van der Waals surface area contributed by atoms with Gasteiger partial charge in [0.2, 0.25) is 5.91 Å². The normalized spacial score (nSPS) is 13.3. The molecule has 0 unspecified atom stereocenters. The van der Waals surface area contributed by atoms with E-state index in [0.717, 1.165) is 40.5 Å². The number of halogens is 2. The molecule has 3 aromatic rings. The van der Waals surface area contributed by atoms with Gasteiger partial charge in [-0.05, 0) is 39.9 Å². The third-order valence-corrected chi connectivity index (χ3v) is 5.27. The first-order valence-electron chi connectivity index (χ1n) is 9.48. The van der Waals surface area contributed by atoms with E-state index in [9.17, 15) is 18.4 Å². The molecule has 0 heterocycles. The number of fused-ring (bicyclic) bond motifs is 3. The van der Waals surface area contributed by atoms with Crippen LogP contribution >= 0.6 is 0 Å². The molecule has 6 heteroatoms. The highest BCUT2D eigenvalue weighted by molar-refractivity contribution is 5.90. The van der Waals surface area contributed by atoms with Crippen molar-refractivity contribution >= 4 is 11.9 Å². The van der Waals surface area contributed by atoms with Crippen LogP contribution in [0.5, 0.6) is 0 Å². The summed E-state index contributed by atoms with van der Waals surface area (Å²) in [6.07, 6.45) is -0.266. The lowest BCUT2D eigenvalue weighted by molar-refractivity contribution is -0.145. The molecule has 4 nitrogen and oxygen atoms in total. The SMILES string of the molecule is COC(=O)[C@@H](NC(=O)Cc1cc(F)cc(F)c1)C1c2ccccc2-c2ccccc21. The van der Waals surface area contributed by atoms with Crippen LogP contribution < -0.4 is 5.32 Å². The van der Waals surface area contributed by atoms with Crippen LogP contribution in [-0.2, 0) is 20.7 Å². The maximum atomic E-state index is 13.5. The van der Waals surface area contributed by atoms with Gasteiger partial charge >= 0.3 is 5.97 Å². The van der Waals surface area contributed by atoms with Crippen LogP contribution in [0.2, 0.25) is 0 Å². The molecule has 0 bridgehead atoms. The van der Waals surface area contributed by atoms with Crippen LogP contribution in [0.15, 0.2) is 66.7 Å². The summed E-state index contributed by atoms with van der Waals surface area (Å²) in [5.74, 6) is -3.08. The Hall–Kier alpha value is -3.54. The minimum Gasteiger partial charge on any atom is -0.467 e. The molecule has 1 amide bonds. The van der Waals surface area contributed by atoms with Gasteiger partial charge in [-0.15, -0.1) is 0 Å². The Morgan fingerprint density at radius 1 is 0.933 bits per heavy atom. The summed E-state index contributed by atoms with van der Waals surface area (Å²) in [5.41, 5.74) is 3.99. The predicted molar refractivity (Wildman–Crippen MR) is 108 cm³/mol. The molecule has 0 spiro atoms. The second kappa shape index (κ2) is 8.06. The number of methoxy groups -OCH3 is 1. The highest BCUT2D eigenvalue weighted by atomic mass is 19.1. The van der Waals surface area contributed by atoms with Crippen molar-refractivity contribution in [1.82, 2.24) is 5.32 Å². The van der Waals surface area contributed by atoms with Gasteiger partial charge in [-0.1, -0.05) is 48.5 Å². The second-order valence-electron chi connectivity index (χ2n) is 7.17. The number of hydrogen-bond acceptors (Lipinski definition) is 3. The first-order valence-corrected chi connectivity index (χ1v) is 9.48. The number of nitrogens with one attached hydrogen (secondary N) is 1.